The number of allylic oxidation sites excluding steroid dienone is 3. The van der Waals surface area contributed by atoms with Gasteiger partial charge in [0.15, 0.2) is 0 Å². The van der Waals surface area contributed by atoms with Crippen molar-refractivity contribution in [1.82, 2.24) is 0 Å². The minimum atomic E-state index is 0.436. The maximum Gasteiger partial charge on any atom is -0.00698 e. The van der Waals surface area contributed by atoms with Crippen LogP contribution in [0, 0.1) is 11.3 Å². The standard InChI is InChI=1S/C22H32/c1-6-7-17(2)16-18-8-10-19(11-9-18)20-12-14-21(15-13-20)22(3,4)5/h8-12,21H,2,6-7,13-16H2,1,3-5H3. The molecule has 0 aromatic heterocycles. The van der Waals surface area contributed by atoms with Gasteiger partial charge in [0.05, 0.1) is 0 Å². The lowest BCUT2D eigenvalue weighted by Gasteiger charge is -2.33. The predicted octanol–water partition coefficient (Wildman–Crippen LogP) is 6.82. The fourth-order valence-electron chi connectivity index (χ4n) is 3.45. The first-order valence-electron chi connectivity index (χ1n) is 8.85. The molecule has 0 saturated heterocycles. The first-order valence-corrected chi connectivity index (χ1v) is 8.85. The van der Waals surface area contributed by atoms with E-state index in [-0.39, 0.29) is 0 Å². The maximum absolute atomic E-state index is 4.17. The zero-order valence-corrected chi connectivity index (χ0v) is 14.9. The third-order valence-corrected chi connectivity index (χ3v) is 5.02. The van der Waals surface area contributed by atoms with Crippen LogP contribution in [0.1, 0.15) is 70.9 Å². The fraction of sp³-hybridized carbons (Fsp3) is 0.545. The Balaban J connectivity index is 1.99. The van der Waals surface area contributed by atoms with Crippen LogP contribution in [0.5, 0.6) is 0 Å². The molecule has 0 nitrogen and oxygen atoms in total. The summed E-state index contributed by atoms with van der Waals surface area (Å²) in [5, 5.41) is 0. The summed E-state index contributed by atoms with van der Waals surface area (Å²) >= 11 is 0. The van der Waals surface area contributed by atoms with Gasteiger partial charge in [-0.15, -0.1) is 0 Å². The highest BCUT2D eigenvalue weighted by molar-refractivity contribution is 5.66. The minimum Gasteiger partial charge on any atom is -0.0995 e. The summed E-state index contributed by atoms with van der Waals surface area (Å²) in [6, 6.07) is 9.18. The topological polar surface area (TPSA) is 0 Å². The van der Waals surface area contributed by atoms with Gasteiger partial charge >= 0.3 is 0 Å². The van der Waals surface area contributed by atoms with Crippen LogP contribution in [0.2, 0.25) is 0 Å². The van der Waals surface area contributed by atoms with Gasteiger partial charge in [-0.25, -0.2) is 0 Å². The molecule has 0 saturated carbocycles. The second-order valence-electron chi connectivity index (χ2n) is 7.94. The molecule has 1 aromatic carbocycles. The molecule has 1 unspecified atom stereocenters. The Labute approximate surface area is 137 Å². The summed E-state index contributed by atoms with van der Waals surface area (Å²) in [5.41, 5.74) is 6.13. The van der Waals surface area contributed by atoms with E-state index in [1.165, 1.54) is 42.4 Å². The van der Waals surface area contributed by atoms with Crippen LogP contribution >= 0.6 is 0 Å². The van der Waals surface area contributed by atoms with E-state index in [1.807, 2.05) is 0 Å². The van der Waals surface area contributed by atoms with Crippen molar-refractivity contribution < 1.29 is 0 Å². The van der Waals surface area contributed by atoms with Crippen LogP contribution in [0.15, 0.2) is 42.5 Å². The molecule has 0 bridgehead atoms. The monoisotopic (exact) mass is 296 g/mol. The molecule has 120 valence electrons. The summed E-state index contributed by atoms with van der Waals surface area (Å²) in [7, 11) is 0. The highest BCUT2D eigenvalue weighted by Crippen LogP contribution is 2.39. The quantitative estimate of drug-likeness (QED) is 0.523. The largest absolute Gasteiger partial charge is 0.0995 e. The number of hydrogen-bond donors (Lipinski definition) is 0. The average Bonchev–Trinajstić information content (AvgIpc) is 2.47. The van der Waals surface area contributed by atoms with E-state index in [2.05, 4.69) is 64.6 Å². The zero-order chi connectivity index (χ0) is 16.2. The van der Waals surface area contributed by atoms with E-state index < -0.39 is 0 Å². The third kappa shape index (κ3) is 4.60. The molecule has 1 atom stereocenters. The van der Waals surface area contributed by atoms with Crippen molar-refractivity contribution in [1.29, 1.82) is 0 Å². The zero-order valence-electron chi connectivity index (χ0n) is 14.9. The summed E-state index contributed by atoms with van der Waals surface area (Å²) in [4.78, 5) is 0. The van der Waals surface area contributed by atoms with E-state index in [0.717, 1.165) is 18.8 Å². The smallest absolute Gasteiger partial charge is 0.00698 e. The highest BCUT2D eigenvalue weighted by atomic mass is 14.3. The molecule has 1 aliphatic carbocycles. The minimum absolute atomic E-state index is 0.436. The Hall–Kier alpha value is -1.30. The van der Waals surface area contributed by atoms with Crippen molar-refractivity contribution in [2.45, 2.75) is 66.2 Å². The first-order chi connectivity index (χ1) is 10.4. The van der Waals surface area contributed by atoms with Crippen molar-refractivity contribution in [2.75, 3.05) is 0 Å². The van der Waals surface area contributed by atoms with Gasteiger partial charge in [-0.1, -0.05) is 76.6 Å². The second kappa shape index (κ2) is 7.31. The molecule has 0 amide bonds. The summed E-state index contributed by atoms with van der Waals surface area (Å²) in [6.45, 7) is 13.5. The number of hydrogen-bond acceptors (Lipinski definition) is 0. The second-order valence-corrected chi connectivity index (χ2v) is 7.94. The van der Waals surface area contributed by atoms with E-state index in [9.17, 15) is 0 Å². The Kier molecular flexibility index (Phi) is 5.67. The number of rotatable bonds is 5. The van der Waals surface area contributed by atoms with Gasteiger partial charge in [0, 0.05) is 0 Å². The van der Waals surface area contributed by atoms with Gasteiger partial charge in [-0.2, -0.15) is 0 Å². The van der Waals surface area contributed by atoms with Gasteiger partial charge in [0.1, 0.15) is 0 Å². The first kappa shape index (κ1) is 17.1. The van der Waals surface area contributed by atoms with Crippen LogP contribution in [0.25, 0.3) is 5.57 Å². The molecular formula is C22H32. The van der Waals surface area contributed by atoms with Crippen LogP contribution < -0.4 is 0 Å². The van der Waals surface area contributed by atoms with Crippen molar-refractivity contribution in [3.63, 3.8) is 0 Å². The molecule has 22 heavy (non-hydrogen) atoms. The lowest BCUT2D eigenvalue weighted by molar-refractivity contribution is 0.225. The Morgan fingerprint density at radius 2 is 1.86 bits per heavy atom. The number of benzene rings is 1. The SMILES string of the molecule is C=C(CCC)Cc1ccc(C2=CCC(C(C)(C)C)CC2)cc1. The molecule has 2 rings (SSSR count). The van der Waals surface area contributed by atoms with E-state index in [4.69, 9.17) is 0 Å². The maximum atomic E-state index is 4.17. The average molecular weight is 296 g/mol. The highest BCUT2D eigenvalue weighted by Gasteiger charge is 2.26. The van der Waals surface area contributed by atoms with Gasteiger partial charge in [-0.3, -0.25) is 0 Å². The fourth-order valence-corrected chi connectivity index (χ4v) is 3.45. The van der Waals surface area contributed by atoms with Crippen LogP contribution in [-0.2, 0) is 6.42 Å². The molecule has 1 aliphatic rings. The summed E-state index contributed by atoms with van der Waals surface area (Å²) in [6.07, 6.45) is 9.62. The van der Waals surface area contributed by atoms with Gasteiger partial charge in [-0.05, 0) is 60.1 Å². The normalized spacial score (nSPS) is 18.9. The molecule has 0 aliphatic heterocycles. The molecule has 0 radical (unpaired) electrons. The van der Waals surface area contributed by atoms with E-state index in [1.54, 1.807) is 5.57 Å². The van der Waals surface area contributed by atoms with Gasteiger partial charge < -0.3 is 0 Å². The molecule has 0 heteroatoms. The van der Waals surface area contributed by atoms with E-state index >= 15 is 0 Å². The Bertz CT molecular complexity index is 522. The molecule has 0 fully saturated rings. The van der Waals surface area contributed by atoms with Crippen molar-refractivity contribution in [3.05, 3.63) is 53.6 Å². The van der Waals surface area contributed by atoms with Gasteiger partial charge in [0.2, 0.25) is 0 Å². The third-order valence-electron chi connectivity index (χ3n) is 5.02. The van der Waals surface area contributed by atoms with Crippen LogP contribution in [0.4, 0.5) is 0 Å². The lowest BCUT2D eigenvalue weighted by Crippen LogP contribution is -2.21. The molecule has 0 N–H and O–H groups in total. The molecule has 0 heterocycles. The van der Waals surface area contributed by atoms with E-state index in [0.29, 0.717) is 5.41 Å². The van der Waals surface area contributed by atoms with Gasteiger partial charge in [0.25, 0.3) is 0 Å². The van der Waals surface area contributed by atoms with Crippen molar-refractivity contribution >= 4 is 5.57 Å². The van der Waals surface area contributed by atoms with Crippen LogP contribution in [-0.4, -0.2) is 0 Å². The Morgan fingerprint density at radius 1 is 1.18 bits per heavy atom. The summed E-state index contributed by atoms with van der Waals surface area (Å²) in [5.74, 6) is 0.827. The predicted molar refractivity (Wildman–Crippen MR) is 99.0 cm³/mol. The Morgan fingerprint density at radius 3 is 2.36 bits per heavy atom. The molecule has 1 aromatic rings. The molecule has 0 spiro atoms. The van der Waals surface area contributed by atoms with Crippen molar-refractivity contribution in [3.8, 4) is 0 Å². The summed E-state index contributed by atoms with van der Waals surface area (Å²) < 4.78 is 0. The molecular weight excluding hydrogens is 264 g/mol. The lowest BCUT2D eigenvalue weighted by atomic mass is 9.72. The van der Waals surface area contributed by atoms with Crippen LogP contribution in [0.3, 0.4) is 0 Å². The van der Waals surface area contributed by atoms with Crippen molar-refractivity contribution in [2.24, 2.45) is 11.3 Å².